The predicted molar refractivity (Wildman–Crippen MR) is 81.7 cm³/mol. The quantitative estimate of drug-likeness (QED) is 0.691. The number of hydrogen-bond acceptors (Lipinski definition) is 2. The summed E-state index contributed by atoms with van der Waals surface area (Å²) in [4.78, 5) is 16.4. The molecule has 0 aliphatic carbocycles. The van der Waals surface area contributed by atoms with Gasteiger partial charge in [0.05, 0.1) is 11.6 Å². The molecule has 20 heavy (non-hydrogen) atoms. The Kier molecular flexibility index (Phi) is 4.60. The predicted octanol–water partition coefficient (Wildman–Crippen LogP) is 3.42. The summed E-state index contributed by atoms with van der Waals surface area (Å²) >= 11 is 6.04. The lowest BCUT2D eigenvalue weighted by atomic mass is 10.1. The molecule has 0 radical (unpaired) electrons. The molecule has 0 bridgehead atoms. The van der Waals surface area contributed by atoms with Gasteiger partial charge in [0.2, 0.25) is 0 Å². The van der Waals surface area contributed by atoms with Crippen LogP contribution in [0.25, 0.3) is 10.8 Å². The molecule has 0 spiro atoms. The van der Waals surface area contributed by atoms with E-state index in [0.29, 0.717) is 10.7 Å². The Labute approximate surface area is 123 Å². The van der Waals surface area contributed by atoms with E-state index < -0.39 is 0 Å². The second-order valence-electron chi connectivity index (χ2n) is 4.49. The third-order valence-corrected chi connectivity index (χ3v) is 3.38. The lowest BCUT2D eigenvalue weighted by Gasteiger charge is -2.13. The number of halogens is 1. The van der Waals surface area contributed by atoms with Crippen molar-refractivity contribution in [3.05, 3.63) is 41.2 Å². The zero-order valence-corrected chi connectivity index (χ0v) is 11.9. The average Bonchev–Trinajstić information content (AvgIpc) is 2.47. The summed E-state index contributed by atoms with van der Waals surface area (Å²) < 4.78 is 0. The molecule has 1 aromatic carbocycles. The molecule has 1 aromatic heterocycles. The summed E-state index contributed by atoms with van der Waals surface area (Å²) in [6.07, 6.45) is 8.57. The maximum absolute atomic E-state index is 12.3. The summed E-state index contributed by atoms with van der Waals surface area (Å²) in [6.45, 7) is 2.02. The first-order valence-electron chi connectivity index (χ1n) is 6.47. The van der Waals surface area contributed by atoms with E-state index in [-0.39, 0.29) is 11.9 Å². The molecule has 2 rings (SSSR count). The molecule has 4 heteroatoms. The van der Waals surface area contributed by atoms with Crippen molar-refractivity contribution >= 4 is 28.3 Å². The lowest BCUT2D eigenvalue weighted by Crippen LogP contribution is -2.33. The van der Waals surface area contributed by atoms with E-state index in [2.05, 4.69) is 16.2 Å². The van der Waals surface area contributed by atoms with Gasteiger partial charge in [0.15, 0.2) is 0 Å². The highest BCUT2D eigenvalue weighted by Gasteiger charge is 2.15. The lowest BCUT2D eigenvalue weighted by molar-refractivity contribution is 0.0945. The fourth-order valence-corrected chi connectivity index (χ4v) is 2.27. The normalized spacial score (nSPS) is 11.8. The van der Waals surface area contributed by atoms with Crippen LogP contribution in [0.3, 0.4) is 0 Å². The average molecular weight is 287 g/mol. The number of nitrogens with one attached hydrogen (secondary N) is 1. The third kappa shape index (κ3) is 2.92. The Balaban J connectivity index is 2.36. The number of benzene rings is 1. The Morgan fingerprint density at radius 2 is 2.15 bits per heavy atom. The van der Waals surface area contributed by atoms with Gasteiger partial charge in [-0.25, -0.2) is 4.98 Å². The molecule has 1 unspecified atom stereocenters. The molecule has 1 heterocycles. The van der Waals surface area contributed by atoms with Crippen molar-refractivity contribution in [1.29, 1.82) is 0 Å². The maximum atomic E-state index is 12.3. The van der Waals surface area contributed by atoms with Crippen molar-refractivity contribution < 1.29 is 4.79 Å². The molecule has 3 nitrogen and oxygen atoms in total. The van der Waals surface area contributed by atoms with Crippen LogP contribution in [0.15, 0.2) is 30.5 Å². The summed E-state index contributed by atoms with van der Waals surface area (Å²) in [6, 6.07) is 7.15. The zero-order chi connectivity index (χ0) is 14.5. The first-order chi connectivity index (χ1) is 9.67. The van der Waals surface area contributed by atoms with Gasteiger partial charge in [0.1, 0.15) is 5.15 Å². The van der Waals surface area contributed by atoms with E-state index in [4.69, 9.17) is 18.0 Å². The van der Waals surface area contributed by atoms with Gasteiger partial charge < -0.3 is 5.32 Å². The van der Waals surface area contributed by atoms with E-state index in [1.54, 1.807) is 0 Å². The second-order valence-corrected chi connectivity index (χ2v) is 4.85. The van der Waals surface area contributed by atoms with Crippen molar-refractivity contribution in [2.24, 2.45) is 0 Å². The van der Waals surface area contributed by atoms with E-state index >= 15 is 0 Å². The summed E-state index contributed by atoms with van der Waals surface area (Å²) in [5.41, 5.74) is 0.487. The molecule has 1 N–H and O–H groups in total. The first-order valence-corrected chi connectivity index (χ1v) is 6.85. The van der Waals surface area contributed by atoms with Crippen molar-refractivity contribution in [3.63, 3.8) is 0 Å². The van der Waals surface area contributed by atoms with Crippen LogP contribution in [0.2, 0.25) is 5.15 Å². The van der Waals surface area contributed by atoms with Gasteiger partial charge in [-0.1, -0.05) is 55.1 Å². The second kappa shape index (κ2) is 6.40. The number of pyridine rings is 1. The van der Waals surface area contributed by atoms with Crippen molar-refractivity contribution in [2.75, 3.05) is 0 Å². The van der Waals surface area contributed by atoms with Crippen LogP contribution in [-0.2, 0) is 0 Å². The van der Waals surface area contributed by atoms with Crippen molar-refractivity contribution in [2.45, 2.75) is 25.8 Å². The number of carbonyl (C=O) groups is 1. The molecule has 1 amide bonds. The van der Waals surface area contributed by atoms with Crippen LogP contribution in [0.1, 0.15) is 30.1 Å². The van der Waals surface area contributed by atoms with Crippen LogP contribution in [0.5, 0.6) is 0 Å². The first kappa shape index (κ1) is 14.4. The standard InChI is InChI=1S/C16H15ClN2O/c1-3-7-11(4-2)19-16(20)14-10-18-15(17)13-9-6-5-8-12(13)14/h2,5-6,8-11H,3,7H2,1H3,(H,19,20). The Morgan fingerprint density at radius 3 is 2.80 bits per heavy atom. The highest BCUT2D eigenvalue weighted by atomic mass is 35.5. The molecule has 1 atom stereocenters. The number of aromatic nitrogens is 1. The highest BCUT2D eigenvalue weighted by molar-refractivity contribution is 6.34. The molecule has 0 fully saturated rings. The smallest absolute Gasteiger partial charge is 0.254 e. The van der Waals surface area contributed by atoms with Gasteiger partial charge in [0.25, 0.3) is 5.91 Å². The molecular weight excluding hydrogens is 272 g/mol. The van der Waals surface area contributed by atoms with E-state index in [9.17, 15) is 4.79 Å². The van der Waals surface area contributed by atoms with Gasteiger partial charge in [-0.15, -0.1) is 6.42 Å². The number of hydrogen-bond donors (Lipinski definition) is 1. The number of terminal acetylenes is 1. The van der Waals surface area contributed by atoms with Gasteiger partial charge in [-0.05, 0) is 11.8 Å². The number of amides is 1. The minimum absolute atomic E-state index is 0.221. The molecule has 0 saturated carbocycles. The monoisotopic (exact) mass is 286 g/mol. The van der Waals surface area contributed by atoms with Gasteiger partial charge in [0, 0.05) is 11.6 Å². The van der Waals surface area contributed by atoms with Gasteiger partial charge in [-0.3, -0.25) is 4.79 Å². The summed E-state index contributed by atoms with van der Waals surface area (Å²) in [7, 11) is 0. The third-order valence-electron chi connectivity index (χ3n) is 3.07. The molecule has 0 aliphatic heterocycles. The van der Waals surface area contributed by atoms with Crippen LogP contribution >= 0.6 is 11.6 Å². The van der Waals surface area contributed by atoms with Gasteiger partial charge in [-0.2, -0.15) is 0 Å². The van der Waals surface area contributed by atoms with Crippen molar-refractivity contribution in [3.8, 4) is 12.3 Å². The highest BCUT2D eigenvalue weighted by Crippen LogP contribution is 2.24. The minimum atomic E-state index is -0.262. The van der Waals surface area contributed by atoms with Crippen LogP contribution in [0.4, 0.5) is 0 Å². The number of nitrogens with zero attached hydrogens (tertiary/aromatic N) is 1. The van der Waals surface area contributed by atoms with Crippen LogP contribution in [0, 0.1) is 12.3 Å². The fourth-order valence-electron chi connectivity index (χ4n) is 2.06. The zero-order valence-electron chi connectivity index (χ0n) is 11.2. The minimum Gasteiger partial charge on any atom is -0.338 e. The topological polar surface area (TPSA) is 42.0 Å². The Bertz CT molecular complexity index is 676. The Hall–Kier alpha value is -2.05. The van der Waals surface area contributed by atoms with E-state index in [1.807, 2.05) is 31.2 Å². The summed E-state index contributed by atoms with van der Waals surface area (Å²) in [5.74, 6) is 2.36. The molecular formula is C16H15ClN2O. The maximum Gasteiger partial charge on any atom is 0.254 e. The molecule has 0 aliphatic rings. The number of carbonyl (C=O) groups excluding carboxylic acids is 1. The van der Waals surface area contributed by atoms with Crippen LogP contribution in [-0.4, -0.2) is 16.9 Å². The number of fused-ring (bicyclic) bond motifs is 1. The van der Waals surface area contributed by atoms with E-state index in [1.165, 1.54) is 6.20 Å². The van der Waals surface area contributed by atoms with Crippen molar-refractivity contribution in [1.82, 2.24) is 10.3 Å². The number of rotatable bonds is 4. The van der Waals surface area contributed by atoms with Crippen LogP contribution < -0.4 is 5.32 Å². The fraction of sp³-hybridized carbons (Fsp3) is 0.250. The Morgan fingerprint density at radius 1 is 1.45 bits per heavy atom. The molecule has 102 valence electrons. The summed E-state index contributed by atoms with van der Waals surface area (Å²) in [5, 5.41) is 4.76. The molecule has 2 aromatic rings. The van der Waals surface area contributed by atoms with E-state index in [0.717, 1.165) is 23.6 Å². The largest absolute Gasteiger partial charge is 0.338 e. The van der Waals surface area contributed by atoms with Gasteiger partial charge >= 0.3 is 0 Å². The molecule has 0 saturated heterocycles. The SMILES string of the molecule is C#CC(CCC)NC(=O)c1cnc(Cl)c2ccccc12.